The summed E-state index contributed by atoms with van der Waals surface area (Å²) in [6.45, 7) is 5.39. The Labute approximate surface area is 186 Å². The zero-order chi connectivity index (χ0) is 23.1. The Morgan fingerprint density at radius 1 is 1.31 bits per heavy atom. The van der Waals surface area contributed by atoms with Crippen LogP contribution in [0.3, 0.4) is 0 Å². The monoisotopic (exact) mass is 457 g/mol. The van der Waals surface area contributed by atoms with Crippen molar-refractivity contribution in [3.63, 3.8) is 0 Å². The molecule has 0 unspecified atom stereocenters. The zero-order valence-corrected chi connectivity index (χ0v) is 18.9. The fourth-order valence-electron chi connectivity index (χ4n) is 3.82. The van der Waals surface area contributed by atoms with Gasteiger partial charge in [-0.15, -0.1) is 0 Å². The molecule has 1 aromatic carbocycles. The molecule has 2 aliphatic heterocycles. The van der Waals surface area contributed by atoms with Gasteiger partial charge < -0.3 is 4.74 Å². The molecule has 3 N–H and O–H groups in total. The lowest BCUT2D eigenvalue weighted by Gasteiger charge is -2.19. The molecule has 1 aromatic heterocycles. The van der Waals surface area contributed by atoms with Crippen LogP contribution in [0.15, 0.2) is 47.8 Å². The van der Waals surface area contributed by atoms with Crippen LogP contribution in [0.25, 0.3) is 0 Å². The van der Waals surface area contributed by atoms with Crippen LogP contribution in [-0.4, -0.2) is 63.2 Å². The largest absolute Gasteiger partial charge is 0.456 e. The van der Waals surface area contributed by atoms with Crippen molar-refractivity contribution in [2.75, 3.05) is 11.5 Å². The first-order chi connectivity index (χ1) is 15.0. The van der Waals surface area contributed by atoms with Gasteiger partial charge in [-0.2, -0.15) is 0 Å². The van der Waals surface area contributed by atoms with Crippen molar-refractivity contribution in [3.8, 4) is 0 Å². The molecule has 0 amide bonds. The Bertz CT molecular complexity index is 1230. The van der Waals surface area contributed by atoms with Crippen molar-refractivity contribution >= 4 is 33.2 Å². The molecule has 4 rings (SSSR count). The van der Waals surface area contributed by atoms with Crippen LogP contribution in [0.1, 0.15) is 43.2 Å². The number of nitrogens with one attached hydrogen (secondary N) is 1. The Morgan fingerprint density at radius 2 is 2.09 bits per heavy atom. The highest BCUT2D eigenvalue weighted by atomic mass is 32.2. The van der Waals surface area contributed by atoms with E-state index in [4.69, 9.17) is 10.6 Å². The highest BCUT2D eigenvalue weighted by molar-refractivity contribution is 7.91. The van der Waals surface area contributed by atoms with Crippen LogP contribution in [0.4, 0.5) is 5.69 Å². The third kappa shape index (κ3) is 4.26. The molecular weight excluding hydrogens is 432 g/mol. The number of hydrazine groups is 1. The molecule has 1 saturated heterocycles. The van der Waals surface area contributed by atoms with Gasteiger partial charge in [-0.05, 0) is 50.0 Å². The fraction of sp³-hybridized carbons (Fsp3) is 0.381. The SMILES string of the molecule is CC(C)(C)OC(=O)c1cccc([N+]2=C(N=C(NN)c3ccncn3)[C@@]23CCS(=O)(=O)C3)c1. The second kappa shape index (κ2) is 7.75. The van der Waals surface area contributed by atoms with Gasteiger partial charge in [0.05, 0.1) is 11.3 Å². The van der Waals surface area contributed by atoms with E-state index in [0.717, 1.165) is 0 Å². The quantitative estimate of drug-likeness (QED) is 0.173. The van der Waals surface area contributed by atoms with Crippen LogP contribution < -0.4 is 11.3 Å². The van der Waals surface area contributed by atoms with Gasteiger partial charge >= 0.3 is 11.8 Å². The highest BCUT2D eigenvalue weighted by Gasteiger charge is 2.69. The van der Waals surface area contributed by atoms with Gasteiger partial charge in [-0.1, -0.05) is 6.07 Å². The standard InChI is InChI=1S/C21H24N6O4S/c1-20(2,3)31-18(28)14-5-4-6-15(11-14)27-19(21(27)8-10-32(29,30)12-21)25-17(26-22)16-7-9-23-13-24-16/h4-7,9,11,13H,8,10,12H2,1-3H3,(H2,22,23,24)/p+1/t21-,27?/m0/s1. The second-order valence-corrected chi connectivity index (χ2v) is 11.0. The number of aliphatic imine (C=N–C) groups is 1. The molecule has 0 saturated carbocycles. The number of ether oxygens (including phenoxy) is 1. The van der Waals surface area contributed by atoms with Crippen molar-refractivity contribution in [1.82, 2.24) is 15.4 Å². The average Bonchev–Trinajstić information content (AvgIpc) is 3.21. The normalized spacial score (nSPS) is 22.2. The maximum Gasteiger partial charge on any atom is 0.352 e. The van der Waals surface area contributed by atoms with E-state index in [1.165, 1.54) is 6.33 Å². The minimum absolute atomic E-state index is 0.0584. The van der Waals surface area contributed by atoms with Gasteiger partial charge in [0, 0.05) is 12.6 Å². The predicted octanol–water partition coefficient (Wildman–Crippen LogP) is 0.955. The predicted molar refractivity (Wildman–Crippen MR) is 118 cm³/mol. The molecule has 11 heteroatoms. The summed E-state index contributed by atoms with van der Waals surface area (Å²) in [5.41, 5.74) is 2.63. The molecule has 0 aliphatic carbocycles. The number of aromatic nitrogens is 2. The molecule has 10 nitrogen and oxygen atoms in total. The van der Waals surface area contributed by atoms with Gasteiger partial charge in [0.25, 0.3) is 5.84 Å². The summed E-state index contributed by atoms with van der Waals surface area (Å²) in [4.78, 5) is 25.2. The molecule has 1 spiro atoms. The maximum absolute atomic E-state index is 12.6. The first-order valence-corrected chi connectivity index (χ1v) is 11.9. The fourth-order valence-corrected chi connectivity index (χ4v) is 5.74. The number of rotatable bonds is 3. The number of benzene rings is 1. The lowest BCUT2D eigenvalue weighted by molar-refractivity contribution is -0.412. The summed E-state index contributed by atoms with van der Waals surface area (Å²) in [5, 5.41) is 0. The molecule has 0 bridgehead atoms. The topological polar surface area (TPSA) is 140 Å². The summed E-state index contributed by atoms with van der Waals surface area (Å²) in [7, 11) is -3.22. The van der Waals surface area contributed by atoms with E-state index in [2.05, 4.69) is 20.4 Å². The first-order valence-electron chi connectivity index (χ1n) is 10.1. The third-order valence-electron chi connectivity index (χ3n) is 5.21. The van der Waals surface area contributed by atoms with Crippen LogP contribution in [0, 0.1) is 0 Å². The number of hydrogen-bond donors (Lipinski definition) is 2. The molecule has 3 heterocycles. The van der Waals surface area contributed by atoms with E-state index in [9.17, 15) is 13.2 Å². The average molecular weight is 458 g/mol. The number of nitrogens with two attached hydrogens (primary N) is 1. The summed E-state index contributed by atoms with van der Waals surface area (Å²) < 4.78 is 32.0. The second-order valence-electron chi connectivity index (χ2n) is 8.78. The zero-order valence-electron chi connectivity index (χ0n) is 18.1. The summed E-state index contributed by atoms with van der Waals surface area (Å²) in [6, 6.07) is 8.54. The van der Waals surface area contributed by atoms with Crippen molar-refractivity contribution in [2.45, 2.75) is 38.3 Å². The minimum atomic E-state index is -3.22. The Morgan fingerprint density at radius 3 is 2.69 bits per heavy atom. The van der Waals surface area contributed by atoms with E-state index in [1.54, 1.807) is 51.2 Å². The number of carbonyl (C=O) groups is 1. The van der Waals surface area contributed by atoms with E-state index in [0.29, 0.717) is 29.2 Å². The van der Waals surface area contributed by atoms with E-state index in [-0.39, 0.29) is 17.3 Å². The molecule has 2 aliphatic rings. The van der Waals surface area contributed by atoms with Crippen LogP contribution >= 0.6 is 0 Å². The molecule has 2 aromatic rings. The van der Waals surface area contributed by atoms with E-state index < -0.39 is 26.9 Å². The maximum atomic E-state index is 12.6. The van der Waals surface area contributed by atoms with Crippen LogP contribution in [0.2, 0.25) is 0 Å². The molecule has 1 fully saturated rings. The summed E-state index contributed by atoms with van der Waals surface area (Å²) >= 11 is 0. The molecular formula is C21H25N6O4S+. The third-order valence-corrected chi connectivity index (χ3v) is 6.95. The van der Waals surface area contributed by atoms with Gasteiger partial charge in [0.2, 0.25) is 5.54 Å². The number of esters is 1. The van der Waals surface area contributed by atoms with Gasteiger partial charge in [0.15, 0.2) is 9.84 Å². The smallest absolute Gasteiger partial charge is 0.352 e. The van der Waals surface area contributed by atoms with Crippen molar-refractivity contribution in [1.29, 1.82) is 0 Å². The van der Waals surface area contributed by atoms with Crippen molar-refractivity contribution < 1.29 is 22.5 Å². The number of hydrogen-bond acceptors (Lipinski definition) is 8. The first kappa shape index (κ1) is 22.0. The van der Waals surface area contributed by atoms with E-state index >= 15 is 0 Å². The van der Waals surface area contributed by atoms with Crippen molar-refractivity contribution in [3.05, 3.63) is 54.1 Å². The lowest BCUT2D eigenvalue weighted by atomic mass is 10.1. The Hall–Kier alpha value is -3.18. The van der Waals surface area contributed by atoms with Gasteiger partial charge in [-0.3, -0.25) is 5.43 Å². The van der Waals surface area contributed by atoms with Gasteiger partial charge in [-0.25, -0.2) is 33.6 Å². The Kier molecular flexibility index (Phi) is 5.33. The van der Waals surface area contributed by atoms with Gasteiger partial charge in [0.1, 0.15) is 29.1 Å². The summed E-state index contributed by atoms with van der Waals surface area (Å²) in [6.07, 6.45) is 3.33. The molecule has 168 valence electrons. The number of amidine groups is 2. The van der Waals surface area contributed by atoms with Crippen molar-refractivity contribution in [2.24, 2.45) is 10.8 Å². The lowest BCUT2D eigenvalue weighted by Crippen LogP contribution is -2.33. The number of nitrogens with zero attached hydrogens (tertiary/aromatic N) is 4. The molecule has 0 radical (unpaired) electrons. The summed E-state index contributed by atoms with van der Waals surface area (Å²) in [5.74, 6) is 6.06. The Balaban J connectivity index is 1.76. The molecule has 1 atom stereocenters. The minimum Gasteiger partial charge on any atom is -0.456 e. The van der Waals surface area contributed by atoms with Crippen LogP contribution in [0.5, 0.6) is 0 Å². The van der Waals surface area contributed by atoms with Crippen LogP contribution in [-0.2, 0) is 14.6 Å². The number of sulfone groups is 1. The molecule has 32 heavy (non-hydrogen) atoms. The number of carbonyl (C=O) groups excluding carboxylic acids is 1. The van der Waals surface area contributed by atoms with E-state index in [1.807, 2.05) is 10.6 Å². The highest BCUT2D eigenvalue weighted by Crippen LogP contribution is 2.44.